The van der Waals surface area contributed by atoms with Crippen molar-refractivity contribution < 1.29 is 0 Å². The van der Waals surface area contributed by atoms with E-state index in [9.17, 15) is 0 Å². The summed E-state index contributed by atoms with van der Waals surface area (Å²) in [4.78, 5) is 0. The number of nitrogens with zero attached hydrogens (tertiary/aromatic N) is 4. The van der Waals surface area contributed by atoms with E-state index in [0.29, 0.717) is 26.6 Å². The van der Waals surface area contributed by atoms with Crippen molar-refractivity contribution >= 4 is 41.7 Å². The third-order valence-corrected chi connectivity index (χ3v) is 4.30. The molecule has 110 valence electrons. The Balaban J connectivity index is 2.06. The van der Waals surface area contributed by atoms with Crippen molar-refractivity contribution in [1.82, 2.24) is 25.9 Å². The molecule has 6 nitrogen and oxygen atoms in total. The zero-order chi connectivity index (χ0) is 15.0. The zero-order valence-electron chi connectivity index (χ0n) is 11.0. The van der Waals surface area contributed by atoms with Crippen LogP contribution in [0.2, 0.25) is 10.0 Å². The van der Waals surface area contributed by atoms with Gasteiger partial charge in [0.25, 0.3) is 0 Å². The number of hydrogen-bond donors (Lipinski definition) is 3. The molecule has 2 heterocycles. The smallest absolute Gasteiger partial charge is 0.177 e. The minimum atomic E-state index is 0.432. The molecule has 0 amide bonds. The Morgan fingerprint density at radius 1 is 1.33 bits per heavy atom. The fourth-order valence-corrected chi connectivity index (χ4v) is 2.71. The van der Waals surface area contributed by atoms with Crippen LogP contribution in [-0.2, 0) is 0 Å². The number of amidine groups is 1. The van der Waals surface area contributed by atoms with Crippen LogP contribution >= 0.6 is 35.8 Å². The summed E-state index contributed by atoms with van der Waals surface area (Å²) in [7, 11) is 0. The molecule has 21 heavy (non-hydrogen) atoms. The third kappa shape index (κ3) is 2.46. The van der Waals surface area contributed by atoms with E-state index in [1.807, 2.05) is 24.1 Å². The number of hydrazine groups is 2. The number of hydrazone groups is 1. The average molecular weight is 343 g/mol. The van der Waals surface area contributed by atoms with Crippen LogP contribution in [0.1, 0.15) is 12.5 Å². The van der Waals surface area contributed by atoms with Crippen molar-refractivity contribution in [1.29, 1.82) is 0 Å². The van der Waals surface area contributed by atoms with Gasteiger partial charge in [-0.25, -0.2) is 10.2 Å². The first-order valence-corrected chi connectivity index (χ1v) is 7.41. The Hall–Kier alpha value is -1.41. The van der Waals surface area contributed by atoms with Crippen LogP contribution in [0.5, 0.6) is 0 Å². The Kier molecular flexibility index (Phi) is 3.99. The lowest BCUT2D eigenvalue weighted by Gasteiger charge is -2.15. The minimum Gasteiger partial charge on any atom is -0.271 e. The van der Waals surface area contributed by atoms with Gasteiger partial charge in [0.1, 0.15) is 5.03 Å². The number of nitrogens with one attached hydrogen (secondary N) is 2. The summed E-state index contributed by atoms with van der Waals surface area (Å²) in [6, 6.07) is 5.37. The number of benzene rings is 1. The Bertz CT molecular complexity index is 714. The largest absolute Gasteiger partial charge is 0.271 e. The van der Waals surface area contributed by atoms with Crippen molar-refractivity contribution in [3.05, 3.63) is 40.0 Å². The molecule has 0 aliphatic carbocycles. The fourth-order valence-electron chi connectivity index (χ4n) is 2.02. The van der Waals surface area contributed by atoms with Crippen LogP contribution in [0.4, 0.5) is 0 Å². The van der Waals surface area contributed by atoms with Gasteiger partial charge in [0.15, 0.2) is 5.84 Å². The number of aromatic nitrogens is 2. The van der Waals surface area contributed by atoms with Gasteiger partial charge in [0.2, 0.25) is 0 Å². The molecule has 1 aliphatic rings. The predicted octanol–water partition coefficient (Wildman–Crippen LogP) is 2.47. The summed E-state index contributed by atoms with van der Waals surface area (Å²) in [6.45, 7) is 2.74. The first-order chi connectivity index (χ1) is 10.1. The fraction of sp³-hybridized carbons (Fsp3) is 0.167. The topological polar surface area (TPSA) is 57.5 Å². The van der Waals surface area contributed by atoms with E-state index >= 15 is 0 Å². The van der Waals surface area contributed by atoms with Crippen molar-refractivity contribution in [2.45, 2.75) is 11.9 Å². The minimum absolute atomic E-state index is 0.432. The van der Waals surface area contributed by atoms with Gasteiger partial charge < -0.3 is 0 Å². The molecule has 0 fully saturated rings. The zero-order valence-corrected chi connectivity index (χ0v) is 13.4. The predicted molar refractivity (Wildman–Crippen MR) is 86.0 cm³/mol. The standard InChI is InChI=1S/C12H12Cl2N6S/c1-2-19-11(16-17-18-19)7-6-15-20(12(7)21)9-5-3-4-8(13)10(9)14/h3-6,17-18,21H,2H2,1H3. The summed E-state index contributed by atoms with van der Waals surface area (Å²) in [5.74, 6) is 0.715. The highest BCUT2D eigenvalue weighted by Gasteiger charge is 2.23. The Morgan fingerprint density at radius 2 is 2.14 bits per heavy atom. The molecule has 1 aromatic heterocycles. The molecule has 9 heteroatoms. The molecule has 0 spiro atoms. The average Bonchev–Trinajstić information content (AvgIpc) is 3.08. The number of thiol groups is 1. The maximum atomic E-state index is 6.23. The highest BCUT2D eigenvalue weighted by molar-refractivity contribution is 7.80. The van der Waals surface area contributed by atoms with Gasteiger partial charge in [0, 0.05) is 6.54 Å². The summed E-state index contributed by atoms with van der Waals surface area (Å²) in [5, 5.41) is 11.9. The van der Waals surface area contributed by atoms with E-state index < -0.39 is 0 Å². The normalized spacial score (nSPS) is 14.3. The summed E-state index contributed by atoms with van der Waals surface area (Å²) >= 11 is 16.8. The van der Waals surface area contributed by atoms with Crippen LogP contribution in [0.3, 0.4) is 0 Å². The van der Waals surface area contributed by atoms with E-state index in [1.54, 1.807) is 16.9 Å². The molecule has 0 unspecified atom stereocenters. The van der Waals surface area contributed by atoms with Crippen LogP contribution < -0.4 is 11.1 Å². The second kappa shape index (κ2) is 5.76. The monoisotopic (exact) mass is 342 g/mol. The first kappa shape index (κ1) is 14.5. The molecular formula is C12H12Cl2N6S. The lowest BCUT2D eigenvalue weighted by atomic mass is 10.3. The third-order valence-electron chi connectivity index (χ3n) is 3.06. The number of rotatable bonds is 3. The SMILES string of the molecule is CCN1NNN=C1c1cnn(-c2cccc(Cl)c2Cl)c1S. The summed E-state index contributed by atoms with van der Waals surface area (Å²) in [6.07, 6.45) is 1.69. The first-order valence-electron chi connectivity index (χ1n) is 6.21. The van der Waals surface area contributed by atoms with Gasteiger partial charge in [-0.2, -0.15) is 5.10 Å². The molecule has 0 atom stereocenters. The summed E-state index contributed by atoms with van der Waals surface area (Å²) < 4.78 is 1.63. The maximum absolute atomic E-state index is 6.23. The van der Waals surface area contributed by atoms with E-state index in [-0.39, 0.29) is 0 Å². The van der Waals surface area contributed by atoms with Crippen molar-refractivity contribution in [2.24, 2.45) is 5.10 Å². The molecule has 1 aliphatic heterocycles. The van der Waals surface area contributed by atoms with Gasteiger partial charge in [-0.05, 0) is 19.1 Å². The molecule has 2 N–H and O–H groups in total. The van der Waals surface area contributed by atoms with Crippen LogP contribution in [0, 0.1) is 0 Å². The molecule has 0 saturated carbocycles. The molecule has 0 bridgehead atoms. The molecule has 2 aromatic rings. The molecule has 3 rings (SSSR count). The Labute approximate surface area is 137 Å². The lowest BCUT2D eigenvalue weighted by molar-refractivity contribution is 0.308. The molecule has 0 radical (unpaired) electrons. The van der Waals surface area contributed by atoms with E-state index in [0.717, 1.165) is 12.1 Å². The van der Waals surface area contributed by atoms with Gasteiger partial charge in [-0.3, -0.25) is 5.01 Å². The Morgan fingerprint density at radius 3 is 2.90 bits per heavy atom. The highest BCUT2D eigenvalue weighted by Crippen LogP contribution is 2.30. The summed E-state index contributed by atoms with van der Waals surface area (Å²) in [5.41, 5.74) is 7.08. The van der Waals surface area contributed by atoms with Gasteiger partial charge in [-0.1, -0.05) is 29.3 Å². The second-order valence-corrected chi connectivity index (χ2v) is 5.48. The van der Waals surface area contributed by atoms with Crippen molar-refractivity contribution in [2.75, 3.05) is 6.54 Å². The quantitative estimate of drug-likeness (QED) is 0.750. The van der Waals surface area contributed by atoms with Gasteiger partial charge in [-0.15, -0.1) is 23.3 Å². The number of hydrogen-bond acceptors (Lipinski definition) is 6. The van der Waals surface area contributed by atoms with E-state index in [2.05, 4.69) is 33.9 Å². The van der Waals surface area contributed by atoms with Crippen LogP contribution in [-0.4, -0.2) is 27.2 Å². The van der Waals surface area contributed by atoms with Crippen LogP contribution in [0.15, 0.2) is 34.5 Å². The highest BCUT2D eigenvalue weighted by atomic mass is 35.5. The van der Waals surface area contributed by atoms with Crippen molar-refractivity contribution in [3.63, 3.8) is 0 Å². The van der Waals surface area contributed by atoms with E-state index in [4.69, 9.17) is 23.2 Å². The van der Waals surface area contributed by atoms with Crippen molar-refractivity contribution in [3.8, 4) is 5.69 Å². The molecule has 1 aromatic carbocycles. The van der Waals surface area contributed by atoms with Gasteiger partial charge in [0.05, 0.1) is 27.5 Å². The van der Waals surface area contributed by atoms with Crippen LogP contribution in [0.25, 0.3) is 5.69 Å². The molecular weight excluding hydrogens is 331 g/mol. The molecule has 0 saturated heterocycles. The van der Waals surface area contributed by atoms with E-state index in [1.165, 1.54) is 0 Å². The number of halogens is 2. The lowest BCUT2D eigenvalue weighted by Crippen LogP contribution is -2.40. The maximum Gasteiger partial charge on any atom is 0.177 e. The second-order valence-electron chi connectivity index (χ2n) is 4.27. The van der Waals surface area contributed by atoms with Gasteiger partial charge >= 0.3 is 0 Å².